The van der Waals surface area contributed by atoms with Crippen molar-refractivity contribution in [2.75, 3.05) is 5.32 Å². The number of anilines is 1. The minimum atomic E-state index is -0.589. The maximum Gasteiger partial charge on any atom is 0.243 e. The molecule has 1 fully saturated rings. The molecule has 3 nitrogen and oxygen atoms in total. The number of para-hydroxylation sites is 1. The van der Waals surface area contributed by atoms with Crippen molar-refractivity contribution in [1.29, 1.82) is 0 Å². The van der Waals surface area contributed by atoms with Crippen LogP contribution < -0.4 is 11.1 Å². The molecule has 3 unspecified atom stereocenters. The van der Waals surface area contributed by atoms with Gasteiger partial charge in [0.15, 0.2) is 0 Å². The van der Waals surface area contributed by atoms with Crippen molar-refractivity contribution >= 4 is 11.6 Å². The molecule has 18 heavy (non-hydrogen) atoms. The normalized spacial score (nSPS) is 31.9. The number of hydrogen-bond acceptors (Lipinski definition) is 2. The van der Waals surface area contributed by atoms with Gasteiger partial charge >= 0.3 is 0 Å². The summed E-state index contributed by atoms with van der Waals surface area (Å²) < 4.78 is 0. The lowest BCUT2D eigenvalue weighted by atomic mass is 9.69. The van der Waals surface area contributed by atoms with Gasteiger partial charge in [-0.2, -0.15) is 0 Å². The van der Waals surface area contributed by atoms with Crippen molar-refractivity contribution in [2.24, 2.45) is 17.6 Å². The van der Waals surface area contributed by atoms with Crippen molar-refractivity contribution in [3.8, 4) is 0 Å². The van der Waals surface area contributed by atoms with Crippen molar-refractivity contribution in [3.63, 3.8) is 0 Å². The zero-order valence-corrected chi connectivity index (χ0v) is 11.1. The molecule has 3 N–H and O–H groups in total. The Morgan fingerprint density at radius 2 is 2.00 bits per heavy atom. The van der Waals surface area contributed by atoms with Crippen LogP contribution >= 0.6 is 0 Å². The second kappa shape index (κ2) is 5.01. The zero-order valence-electron chi connectivity index (χ0n) is 11.1. The molecule has 0 radical (unpaired) electrons. The third-order valence-electron chi connectivity index (χ3n) is 4.21. The standard InChI is InChI=1S/C15H22N2O/c1-11-8-9-15(14(16)18,12(2)10-11)17-13-6-4-3-5-7-13/h3-7,11-12,17H,8-10H2,1-2H3,(H2,16,18). The van der Waals surface area contributed by atoms with Gasteiger partial charge in [0.05, 0.1) is 0 Å². The highest BCUT2D eigenvalue weighted by Crippen LogP contribution is 2.38. The molecule has 1 aromatic rings. The van der Waals surface area contributed by atoms with Crippen LogP contribution in [-0.2, 0) is 4.79 Å². The summed E-state index contributed by atoms with van der Waals surface area (Å²) in [5.74, 6) is 0.703. The number of rotatable bonds is 3. The van der Waals surface area contributed by atoms with Gasteiger partial charge in [-0.25, -0.2) is 0 Å². The van der Waals surface area contributed by atoms with E-state index in [-0.39, 0.29) is 11.8 Å². The number of hydrogen-bond donors (Lipinski definition) is 2. The lowest BCUT2D eigenvalue weighted by Gasteiger charge is -2.43. The Balaban J connectivity index is 2.25. The molecule has 0 aliphatic heterocycles. The molecule has 0 bridgehead atoms. The molecule has 0 heterocycles. The van der Waals surface area contributed by atoms with E-state index in [4.69, 9.17) is 5.73 Å². The molecule has 3 atom stereocenters. The summed E-state index contributed by atoms with van der Waals surface area (Å²) in [6.45, 7) is 4.36. The van der Waals surface area contributed by atoms with Gasteiger partial charge in [0.2, 0.25) is 5.91 Å². The summed E-state index contributed by atoms with van der Waals surface area (Å²) in [6, 6.07) is 9.86. The number of nitrogens with one attached hydrogen (secondary N) is 1. The second-order valence-corrected chi connectivity index (χ2v) is 5.61. The predicted octanol–water partition coefficient (Wildman–Crippen LogP) is 2.78. The molecular weight excluding hydrogens is 224 g/mol. The highest BCUT2D eigenvalue weighted by Gasteiger charge is 2.45. The van der Waals surface area contributed by atoms with E-state index in [0.717, 1.165) is 24.9 Å². The van der Waals surface area contributed by atoms with Gasteiger partial charge in [-0.1, -0.05) is 32.0 Å². The smallest absolute Gasteiger partial charge is 0.243 e. The Morgan fingerprint density at radius 1 is 1.33 bits per heavy atom. The lowest BCUT2D eigenvalue weighted by molar-refractivity contribution is -0.125. The molecule has 0 aromatic heterocycles. The van der Waals surface area contributed by atoms with Crippen molar-refractivity contribution in [3.05, 3.63) is 30.3 Å². The molecule has 1 saturated carbocycles. The highest BCUT2D eigenvalue weighted by molar-refractivity contribution is 5.88. The summed E-state index contributed by atoms with van der Waals surface area (Å²) in [5, 5.41) is 3.39. The van der Waals surface area contributed by atoms with E-state index in [1.165, 1.54) is 0 Å². The van der Waals surface area contributed by atoms with Crippen molar-refractivity contribution in [2.45, 2.75) is 38.6 Å². The molecule has 0 saturated heterocycles. The quantitative estimate of drug-likeness (QED) is 0.861. The van der Waals surface area contributed by atoms with E-state index in [9.17, 15) is 4.79 Å². The van der Waals surface area contributed by atoms with Gasteiger partial charge in [-0.15, -0.1) is 0 Å². The summed E-state index contributed by atoms with van der Waals surface area (Å²) in [6.07, 6.45) is 2.91. The van der Waals surface area contributed by atoms with Crippen LogP contribution in [0.3, 0.4) is 0 Å². The van der Waals surface area contributed by atoms with Crippen molar-refractivity contribution in [1.82, 2.24) is 0 Å². The summed E-state index contributed by atoms with van der Waals surface area (Å²) in [7, 11) is 0. The molecule has 98 valence electrons. The van der Waals surface area contributed by atoms with Gasteiger partial charge in [0.1, 0.15) is 5.54 Å². The topological polar surface area (TPSA) is 55.1 Å². The summed E-state index contributed by atoms with van der Waals surface area (Å²) in [5.41, 5.74) is 6.07. The Hall–Kier alpha value is -1.51. The minimum absolute atomic E-state index is 0.231. The Bertz CT molecular complexity index is 418. The number of benzene rings is 1. The maximum absolute atomic E-state index is 12.0. The first-order valence-electron chi connectivity index (χ1n) is 6.68. The average molecular weight is 246 g/mol. The van der Waals surface area contributed by atoms with Crippen LogP contribution in [0, 0.1) is 11.8 Å². The van der Waals surface area contributed by atoms with Crippen LogP contribution in [0.15, 0.2) is 30.3 Å². The van der Waals surface area contributed by atoms with Gasteiger partial charge in [-0.3, -0.25) is 4.79 Å². The highest BCUT2D eigenvalue weighted by atomic mass is 16.1. The Morgan fingerprint density at radius 3 is 2.56 bits per heavy atom. The largest absolute Gasteiger partial charge is 0.371 e. The number of amides is 1. The van der Waals surface area contributed by atoms with Crippen molar-refractivity contribution < 1.29 is 4.79 Å². The van der Waals surface area contributed by atoms with Gasteiger partial charge in [0, 0.05) is 5.69 Å². The fraction of sp³-hybridized carbons (Fsp3) is 0.533. The molecular formula is C15H22N2O. The Kier molecular flexibility index (Phi) is 3.60. The minimum Gasteiger partial charge on any atom is -0.371 e. The zero-order chi connectivity index (χ0) is 13.2. The fourth-order valence-electron chi connectivity index (χ4n) is 3.04. The monoisotopic (exact) mass is 246 g/mol. The second-order valence-electron chi connectivity index (χ2n) is 5.61. The third kappa shape index (κ3) is 2.35. The number of carbonyl (C=O) groups excluding carboxylic acids is 1. The van der Waals surface area contributed by atoms with Crippen LogP contribution in [0.4, 0.5) is 5.69 Å². The first kappa shape index (κ1) is 12.9. The number of nitrogens with two attached hydrogens (primary N) is 1. The lowest BCUT2D eigenvalue weighted by Crippen LogP contribution is -2.57. The van der Waals surface area contributed by atoms with Crippen LogP contribution in [0.25, 0.3) is 0 Å². The van der Waals surface area contributed by atoms with Gasteiger partial charge in [0.25, 0.3) is 0 Å². The van der Waals surface area contributed by atoms with E-state index in [0.29, 0.717) is 5.92 Å². The molecule has 1 aliphatic rings. The number of carbonyl (C=O) groups is 1. The van der Waals surface area contributed by atoms with E-state index in [1.54, 1.807) is 0 Å². The van der Waals surface area contributed by atoms with Crippen LogP contribution in [-0.4, -0.2) is 11.4 Å². The SMILES string of the molecule is CC1CCC(Nc2ccccc2)(C(N)=O)C(C)C1. The Labute approximate surface area is 109 Å². The van der Waals surface area contributed by atoms with Gasteiger partial charge < -0.3 is 11.1 Å². The van der Waals surface area contributed by atoms with E-state index < -0.39 is 5.54 Å². The molecule has 0 spiro atoms. The first-order valence-corrected chi connectivity index (χ1v) is 6.68. The average Bonchev–Trinajstić information content (AvgIpc) is 2.34. The van der Waals surface area contributed by atoms with Crippen LogP contribution in [0.1, 0.15) is 33.1 Å². The van der Waals surface area contributed by atoms with E-state index in [2.05, 4.69) is 19.2 Å². The van der Waals surface area contributed by atoms with E-state index >= 15 is 0 Å². The third-order valence-corrected chi connectivity index (χ3v) is 4.21. The molecule has 3 heteroatoms. The maximum atomic E-state index is 12.0. The summed E-state index contributed by atoms with van der Waals surface area (Å²) >= 11 is 0. The van der Waals surface area contributed by atoms with Crippen LogP contribution in [0.5, 0.6) is 0 Å². The molecule has 1 amide bonds. The molecule has 1 aliphatic carbocycles. The molecule has 2 rings (SSSR count). The first-order chi connectivity index (χ1) is 8.54. The van der Waals surface area contributed by atoms with Crippen LogP contribution in [0.2, 0.25) is 0 Å². The summed E-state index contributed by atoms with van der Waals surface area (Å²) in [4.78, 5) is 12.0. The predicted molar refractivity (Wildman–Crippen MR) is 74.2 cm³/mol. The van der Waals surface area contributed by atoms with Gasteiger partial charge in [-0.05, 0) is 43.2 Å². The number of primary amides is 1. The molecule has 1 aromatic carbocycles. The van der Waals surface area contributed by atoms with E-state index in [1.807, 2.05) is 30.3 Å². The fourth-order valence-corrected chi connectivity index (χ4v) is 3.04.